The highest BCUT2D eigenvalue weighted by atomic mass is 35.5. The largest absolute Gasteiger partial charge is 0.294 e. The van der Waals surface area contributed by atoms with E-state index >= 15 is 0 Å². The molecule has 5 heteroatoms. The van der Waals surface area contributed by atoms with E-state index in [-0.39, 0.29) is 0 Å². The van der Waals surface area contributed by atoms with Gasteiger partial charge in [-0.05, 0) is 18.6 Å². The van der Waals surface area contributed by atoms with Crippen LogP contribution in [-0.2, 0) is 19.5 Å². The molecule has 1 aliphatic heterocycles. The third kappa shape index (κ3) is 3.28. The fraction of sp³-hybridized carbons (Fsp3) is 0.471. The number of halogens is 1. The molecule has 116 valence electrons. The summed E-state index contributed by atoms with van der Waals surface area (Å²) in [5.74, 6) is 1.33. The molecule has 0 aromatic carbocycles. The van der Waals surface area contributed by atoms with Gasteiger partial charge in [0, 0.05) is 55.1 Å². The van der Waals surface area contributed by atoms with Crippen molar-refractivity contribution >= 4 is 11.6 Å². The molecule has 4 nitrogen and oxygen atoms in total. The molecule has 2 aromatic rings. The SMILES string of the molecule is Cc1nc(Cl)ccc1CN1CCc2nc(C(C)C)ncc2C1. The van der Waals surface area contributed by atoms with E-state index in [1.165, 1.54) is 16.8 Å². The van der Waals surface area contributed by atoms with E-state index in [2.05, 4.69) is 34.8 Å². The van der Waals surface area contributed by atoms with E-state index in [0.717, 1.165) is 37.6 Å². The standard InChI is InChI=1S/C17H21ClN4/c1-11(2)17-19-8-14-10-22(7-6-15(14)21-17)9-13-4-5-16(18)20-12(13)3/h4-5,8,11H,6-7,9-10H2,1-3H3. The van der Waals surface area contributed by atoms with Crippen LogP contribution in [0.1, 0.15) is 48.1 Å². The predicted octanol–water partition coefficient (Wildman–Crippen LogP) is 3.52. The Balaban J connectivity index is 1.74. The van der Waals surface area contributed by atoms with Gasteiger partial charge in [-0.25, -0.2) is 15.0 Å². The molecule has 1 aliphatic rings. The van der Waals surface area contributed by atoms with Crippen molar-refractivity contribution in [2.24, 2.45) is 0 Å². The minimum absolute atomic E-state index is 0.381. The number of fused-ring (bicyclic) bond motifs is 1. The van der Waals surface area contributed by atoms with Crippen molar-refractivity contribution in [1.29, 1.82) is 0 Å². The smallest absolute Gasteiger partial charge is 0.131 e. The van der Waals surface area contributed by atoms with Crippen LogP contribution >= 0.6 is 11.6 Å². The van der Waals surface area contributed by atoms with E-state index in [9.17, 15) is 0 Å². The van der Waals surface area contributed by atoms with Crippen LogP contribution in [0.15, 0.2) is 18.3 Å². The summed E-state index contributed by atoms with van der Waals surface area (Å²) in [7, 11) is 0. The van der Waals surface area contributed by atoms with Crippen LogP contribution in [0.3, 0.4) is 0 Å². The highest BCUT2D eigenvalue weighted by Gasteiger charge is 2.19. The Hall–Kier alpha value is -1.52. The van der Waals surface area contributed by atoms with Crippen molar-refractivity contribution in [2.75, 3.05) is 6.54 Å². The third-order valence-corrected chi connectivity index (χ3v) is 4.31. The first kappa shape index (κ1) is 15.4. The lowest BCUT2D eigenvalue weighted by Crippen LogP contribution is -2.31. The van der Waals surface area contributed by atoms with Gasteiger partial charge in [0.1, 0.15) is 11.0 Å². The summed E-state index contributed by atoms with van der Waals surface area (Å²) in [5.41, 5.74) is 4.69. The zero-order valence-corrected chi connectivity index (χ0v) is 14.1. The van der Waals surface area contributed by atoms with Crippen molar-refractivity contribution in [3.63, 3.8) is 0 Å². The lowest BCUT2D eigenvalue weighted by Gasteiger charge is -2.28. The van der Waals surface area contributed by atoms with Crippen molar-refractivity contribution in [3.05, 3.63) is 51.8 Å². The number of pyridine rings is 1. The van der Waals surface area contributed by atoms with Gasteiger partial charge >= 0.3 is 0 Å². The maximum atomic E-state index is 5.93. The Kier molecular flexibility index (Phi) is 4.41. The first-order chi connectivity index (χ1) is 10.5. The monoisotopic (exact) mass is 316 g/mol. The van der Waals surface area contributed by atoms with Crippen LogP contribution < -0.4 is 0 Å². The third-order valence-electron chi connectivity index (χ3n) is 4.10. The van der Waals surface area contributed by atoms with Gasteiger partial charge in [-0.15, -0.1) is 0 Å². The van der Waals surface area contributed by atoms with Gasteiger partial charge < -0.3 is 0 Å². The quantitative estimate of drug-likeness (QED) is 0.813. The van der Waals surface area contributed by atoms with Crippen LogP contribution in [0.2, 0.25) is 5.15 Å². The van der Waals surface area contributed by atoms with Gasteiger partial charge in [-0.1, -0.05) is 31.5 Å². The molecule has 3 heterocycles. The second-order valence-corrected chi connectivity index (χ2v) is 6.58. The average molecular weight is 317 g/mol. The van der Waals surface area contributed by atoms with Crippen molar-refractivity contribution < 1.29 is 0 Å². The molecule has 22 heavy (non-hydrogen) atoms. The molecule has 0 saturated carbocycles. The molecule has 0 N–H and O–H groups in total. The molecular formula is C17H21ClN4. The van der Waals surface area contributed by atoms with Crippen molar-refractivity contribution in [1.82, 2.24) is 19.9 Å². The molecule has 2 aromatic heterocycles. The number of aromatic nitrogens is 3. The highest BCUT2D eigenvalue weighted by molar-refractivity contribution is 6.29. The number of aryl methyl sites for hydroxylation is 1. The normalized spacial score (nSPS) is 15.1. The molecule has 0 saturated heterocycles. The molecule has 0 unspecified atom stereocenters. The zero-order chi connectivity index (χ0) is 15.7. The number of hydrogen-bond acceptors (Lipinski definition) is 4. The Bertz CT molecular complexity index is 684. The molecule has 0 amide bonds. The zero-order valence-electron chi connectivity index (χ0n) is 13.3. The topological polar surface area (TPSA) is 41.9 Å². The summed E-state index contributed by atoms with van der Waals surface area (Å²) < 4.78 is 0. The molecule has 0 fully saturated rings. The first-order valence-electron chi connectivity index (χ1n) is 7.72. The summed E-state index contributed by atoms with van der Waals surface area (Å²) in [4.78, 5) is 16.0. The predicted molar refractivity (Wildman–Crippen MR) is 87.9 cm³/mol. The van der Waals surface area contributed by atoms with E-state index in [1.54, 1.807) is 0 Å². The first-order valence-corrected chi connectivity index (χ1v) is 8.10. The lowest BCUT2D eigenvalue weighted by atomic mass is 10.1. The van der Waals surface area contributed by atoms with Crippen molar-refractivity contribution in [3.8, 4) is 0 Å². The Morgan fingerprint density at radius 3 is 2.82 bits per heavy atom. The second kappa shape index (κ2) is 6.31. The van der Waals surface area contributed by atoms with Gasteiger partial charge in [0.2, 0.25) is 0 Å². The van der Waals surface area contributed by atoms with Crippen LogP contribution in [0, 0.1) is 6.92 Å². The number of nitrogens with zero attached hydrogens (tertiary/aromatic N) is 4. The van der Waals surface area contributed by atoms with E-state index < -0.39 is 0 Å². The van der Waals surface area contributed by atoms with Gasteiger partial charge in [-0.2, -0.15) is 0 Å². The van der Waals surface area contributed by atoms with E-state index in [4.69, 9.17) is 16.6 Å². The average Bonchev–Trinajstić information content (AvgIpc) is 2.49. The molecule has 0 aliphatic carbocycles. The highest BCUT2D eigenvalue weighted by Crippen LogP contribution is 2.21. The molecular weight excluding hydrogens is 296 g/mol. The van der Waals surface area contributed by atoms with E-state index in [1.807, 2.05) is 19.2 Å². The van der Waals surface area contributed by atoms with Crippen LogP contribution in [0.5, 0.6) is 0 Å². The molecule has 0 bridgehead atoms. The summed E-state index contributed by atoms with van der Waals surface area (Å²) in [6.45, 7) is 9.08. The fourth-order valence-corrected chi connectivity index (χ4v) is 2.96. The molecule has 0 radical (unpaired) electrons. The van der Waals surface area contributed by atoms with E-state index in [0.29, 0.717) is 11.1 Å². The lowest BCUT2D eigenvalue weighted by molar-refractivity contribution is 0.241. The number of hydrogen-bond donors (Lipinski definition) is 0. The molecule has 0 atom stereocenters. The van der Waals surface area contributed by atoms with Crippen LogP contribution in [-0.4, -0.2) is 26.4 Å². The minimum Gasteiger partial charge on any atom is -0.294 e. The number of rotatable bonds is 3. The Labute approximate surface area is 136 Å². The summed E-state index contributed by atoms with van der Waals surface area (Å²) >= 11 is 5.93. The Morgan fingerprint density at radius 1 is 1.27 bits per heavy atom. The van der Waals surface area contributed by atoms with Gasteiger partial charge in [0.25, 0.3) is 0 Å². The fourth-order valence-electron chi connectivity index (χ4n) is 2.77. The maximum absolute atomic E-state index is 5.93. The molecule has 0 spiro atoms. The summed E-state index contributed by atoms with van der Waals surface area (Å²) in [6.07, 6.45) is 2.98. The summed E-state index contributed by atoms with van der Waals surface area (Å²) in [6, 6.07) is 3.93. The second-order valence-electron chi connectivity index (χ2n) is 6.19. The maximum Gasteiger partial charge on any atom is 0.131 e. The molecule has 3 rings (SSSR count). The minimum atomic E-state index is 0.381. The Morgan fingerprint density at radius 2 is 2.09 bits per heavy atom. The van der Waals surface area contributed by atoms with Gasteiger partial charge in [0.15, 0.2) is 0 Å². The van der Waals surface area contributed by atoms with Crippen molar-refractivity contribution in [2.45, 2.75) is 46.2 Å². The van der Waals surface area contributed by atoms with Crippen LogP contribution in [0.4, 0.5) is 0 Å². The van der Waals surface area contributed by atoms with Gasteiger partial charge in [-0.3, -0.25) is 4.90 Å². The summed E-state index contributed by atoms with van der Waals surface area (Å²) in [5, 5.41) is 0.555. The van der Waals surface area contributed by atoms with Gasteiger partial charge in [0.05, 0.1) is 0 Å². The van der Waals surface area contributed by atoms with Crippen LogP contribution in [0.25, 0.3) is 0 Å².